The normalized spacial score (nSPS) is 11.1. The van der Waals surface area contributed by atoms with Gasteiger partial charge in [0.25, 0.3) is 20.3 Å². The van der Waals surface area contributed by atoms with Crippen molar-refractivity contribution < 1.29 is 18.0 Å². The topological polar surface area (TPSA) is 130 Å². The van der Waals surface area contributed by atoms with Crippen LogP contribution < -0.4 is 15.4 Å². The van der Waals surface area contributed by atoms with Crippen molar-refractivity contribution >= 4 is 44.0 Å². The predicted molar refractivity (Wildman–Crippen MR) is 103 cm³/mol. The molecule has 1 aromatic heterocycles. The third kappa shape index (κ3) is 5.34. The van der Waals surface area contributed by atoms with Gasteiger partial charge >= 0.3 is 0 Å². The summed E-state index contributed by atoms with van der Waals surface area (Å²) in [4.78, 5) is 23.8. The van der Waals surface area contributed by atoms with Crippen LogP contribution in [-0.2, 0) is 14.8 Å². The Morgan fingerprint density at radius 3 is 2.63 bits per heavy atom. The molecule has 0 fully saturated rings. The minimum atomic E-state index is -4.08. The molecule has 27 heavy (non-hydrogen) atoms. The van der Waals surface area contributed by atoms with E-state index in [0.29, 0.717) is 11.3 Å². The fraction of sp³-hybridized carbons (Fsp3) is 0.250. The largest absolute Gasteiger partial charge is 0.349 e. The molecule has 0 atom stereocenters. The van der Waals surface area contributed by atoms with Crippen LogP contribution in [0.3, 0.4) is 0 Å². The SMILES string of the molecule is C=CCNC(=O)c1ccccc1NS(=O)(=O)c1nnc(NC(=O)C(C)C)s1. The van der Waals surface area contributed by atoms with Gasteiger partial charge in [-0.15, -0.1) is 16.8 Å². The van der Waals surface area contributed by atoms with Crippen molar-refractivity contribution in [2.45, 2.75) is 18.2 Å². The Labute approximate surface area is 160 Å². The first-order chi connectivity index (χ1) is 12.7. The highest BCUT2D eigenvalue weighted by Crippen LogP contribution is 2.24. The molecule has 1 heterocycles. The number of para-hydroxylation sites is 1. The van der Waals surface area contributed by atoms with Gasteiger partial charge in [0, 0.05) is 12.5 Å². The van der Waals surface area contributed by atoms with Crippen LogP contribution >= 0.6 is 11.3 Å². The Balaban J connectivity index is 2.22. The Bertz CT molecular complexity index is 953. The summed E-state index contributed by atoms with van der Waals surface area (Å²) in [6.45, 7) is 7.15. The molecule has 0 bridgehead atoms. The van der Waals surface area contributed by atoms with Crippen molar-refractivity contribution in [2.75, 3.05) is 16.6 Å². The number of aromatic nitrogens is 2. The molecule has 2 amide bonds. The van der Waals surface area contributed by atoms with E-state index in [-0.39, 0.29) is 39.1 Å². The zero-order chi connectivity index (χ0) is 20.0. The van der Waals surface area contributed by atoms with Crippen LogP contribution in [0.25, 0.3) is 0 Å². The van der Waals surface area contributed by atoms with Crippen LogP contribution in [-0.4, -0.2) is 37.0 Å². The van der Waals surface area contributed by atoms with E-state index in [0.717, 1.165) is 0 Å². The van der Waals surface area contributed by atoms with Gasteiger partial charge in [0.1, 0.15) is 0 Å². The number of benzene rings is 1. The summed E-state index contributed by atoms with van der Waals surface area (Å²) < 4.78 is 27.1. The maximum absolute atomic E-state index is 12.6. The molecule has 3 N–H and O–H groups in total. The van der Waals surface area contributed by atoms with Crippen molar-refractivity contribution in [3.63, 3.8) is 0 Å². The third-order valence-electron chi connectivity index (χ3n) is 3.21. The summed E-state index contributed by atoms with van der Waals surface area (Å²) in [5.41, 5.74) is 0.253. The molecule has 2 aromatic rings. The van der Waals surface area contributed by atoms with Gasteiger partial charge in [0.15, 0.2) is 0 Å². The first kappa shape index (κ1) is 20.5. The Kier molecular flexibility index (Phi) is 6.64. The van der Waals surface area contributed by atoms with E-state index in [2.05, 4.69) is 32.1 Å². The zero-order valence-corrected chi connectivity index (χ0v) is 16.4. The van der Waals surface area contributed by atoms with Crippen LogP contribution in [0.1, 0.15) is 24.2 Å². The van der Waals surface area contributed by atoms with Gasteiger partial charge in [0.05, 0.1) is 11.3 Å². The lowest BCUT2D eigenvalue weighted by Gasteiger charge is -2.10. The number of carbonyl (C=O) groups excluding carboxylic acids is 2. The second-order valence-electron chi connectivity index (χ2n) is 5.67. The molecule has 0 spiro atoms. The van der Waals surface area contributed by atoms with Crippen LogP contribution in [0.2, 0.25) is 0 Å². The molecule has 1 aromatic carbocycles. The molecule has 0 unspecified atom stereocenters. The van der Waals surface area contributed by atoms with Gasteiger partial charge in [-0.2, -0.15) is 8.42 Å². The van der Waals surface area contributed by atoms with Gasteiger partial charge < -0.3 is 10.6 Å². The van der Waals surface area contributed by atoms with Gasteiger partial charge in [-0.25, -0.2) is 0 Å². The molecule has 2 rings (SSSR count). The average Bonchev–Trinajstić information content (AvgIpc) is 3.09. The number of rotatable bonds is 8. The highest BCUT2D eigenvalue weighted by Gasteiger charge is 2.23. The van der Waals surface area contributed by atoms with Gasteiger partial charge in [0.2, 0.25) is 11.0 Å². The van der Waals surface area contributed by atoms with Crippen LogP contribution in [0.4, 0.5) is 10.8 Å². The van der Waals surface area contributed by atoms with Crippen molar-refractivity contribution in [2.24, 2.45) is 5.92 Å². The predicted octanol–water partition coefficient (Wildman–Crippen LogP) is 1.85. The summed E-state index contributed by atoms with van der Waals surface area (Å²) in [6, 6.07) is 6.16. The van der Waals surface area contributed by atoms with Gasteiger partial charge in [-0.1, -0.05) is 43.4 Å². The minimum absolute atomic E-state index is 0.0751. The monoisotopic (exact) mass is 409 g/mol. The first-order valence-electron chi connectivity index (χ1n) is 7.90. The second kappa shape index (κ2) is 8.73. The smallest absolute Gasteiger partial charge is 0.291 e. The van der Waals surface area contributed by atoms with E-state index in [1.54, 1.807) is 26.0 Å². The Hall–Kier alpha value is -2.79. The number of nitrogens with zero attached hydrogens (tertiary/aromatic N) is 2. The van der Waals surface area contributed by atoms with Crippen molar-refractivity contribution in [1.29, 1.82) is 0 Å². The number of sulfonamides is 1. The Morgan fingerprint density at radius 1 is 1.26 bits per heavy atom. The van der Waals surface area contributed by atoms with Crippen LogP contribution in [0.15, 0.2) is 41.3 Å². The van der Waals surface area contributed by atoms with E-state index >= 15 is 0 Å². The average molecular weight is 409 g/mol. The number of anilines is 2. The summed E-state index contributed by atoms with van der Waals surface area (Å²) in [5, 5.41) is 12.4. The minimum Gasteiger partial charge on any atom is -0.349 e. The number of nitrogens with one attached hydrogen (secondary N) is 3. The lowest BCUT2D eigenvalue weighted by atomic mass is 10.1. The maximum Gasteiger partial charge on any atom is 0.291 e. The molecular weight excluding hydrogens is 390 g/mol. The quantitative estimate of drug-likeness (QED) is 0.451. The number of hydrogen-bond donors (Lipinski definition) is 3. The molecule has 11 heteroatoms. The summed E-state index contributed by atoms with van der Waals surface area (Å²) in [6.07, 6.45) is 1.51. The van der Waals surface area contributed by atoms with E-state index in [1.807, 2.05) is 0 Å². The molecule has 0 aliphatic heterocycles. The molecule has 0 saturated carbocycles. The molecule has 0 aliphatic rings. The highest BCUT2D eigenvalue weighted by atomic mass is 32.2. The van der Waals surface area contributed by atoms with Crippen molar-refractivity contribution in [1.82, 2.24) is 15.5 Å². The highest BCUT2D eigenvalue weighted by molar-refractivity contribution is 7.94. The van der Waals surface area contributed by atoms with Crippen molar-refractivity contribution in [3.05, 3.63) is 42.5 Å². The van der Waals surface area contributed by atoms with Crippen LogP contribution in [0, 0.1) is 5.92 Å². The van der Waals surface area contributed by atoms with Crippen molar-refractivity contribution in [3.8, 4) is 0 Å². The van der Waals surface area contributed by atoms with Gasteiger partial charge in [-0.3, -0.25) is 14.3 Å². The number of amides is 2. The fourth-order valence-electron chi connectivity index (χ4n) is 1.84. The van der Waals surface area contributed by atoms with E-state index in [9.17, 15) is 18.0 Å². The summed E-state index contributed by atoms with van der Waals surface area (Å²) >= 11 is 0.714. The van der Waals surface area contributed by atoms with E-state index in [4.69, 9.17) is 0 Å². The second-order valence-corrected chi connectivity index (χ2v) is 8.50. The standard InChI is InChI=1S/C16H19N5O4S2/c1-4-9-17-14(23)11-7-5-6-8-12(11)21-27(24,25)16-20-19-15(26-16)18-13(22)10(2)3/h4-8,10,21H,1,9H2,2-3H3,(H,17,23)(H,18,19,22). The number of hydrogen-bond acceptors (Lipinski definition) is 7. The first-order valence-corrected chi connectivity index (χ1v) is 10.2. The fourth-order valence-corrected chi connectivity index (χ4v) is 3.82. The zero-order valence-electron chi connectivity index (χ0n) is 14.7. The van der Waals surface area contributed by atoms with Crippen LogP contribution in [0.5, 0.6) is 0 Å². The van der Waals surface area contributed by atoms with Gasteiger partial charge in [-0.05, 0) is 12.1 Å². The molecule has 0 saturated heterocycles. The molecule has 144 valence electrons. The molecule has 9 nitrogen and oxygen atoms in total. The summed E-state index contributed by atoms with van der Waals surface area (Å²) in [5.74, 6) is -1.03. The van der Waals surface area contributed by atoms with E-state index < -0.39 is 15.9 Å². The lowest BCUT2D eigenvalue weighted by Crippen LogP contribution is -2.25. The van der Waals surface area contributed by atoms with E-state index in [1.165, 1.54) is 18.2 Å². The summed E-state index contributed by atoms with van der Waals surface area (Å²) in [7, 11) is -4.08. The third-order valence-corrected chi connectivity index (χ3v) is 5.79. The molecule has 0 radical (unpaired) electrons. The lowest BCUT2D eigenvalue weighted by molar-refractivity contribution is -0.118. The number of carbonyl (C=O) groups is 2. The Morgan fingerprint density at radius 2 is 1.96 bits per heavy atom. The molecular formula is C16H19N5O4S2. The molecule has 0 aliphatic carbocycles. The maximum atomic E-state index is 12.6.